The topological polar surface area (TPSA) is 50.7 Å². The molecule has 0 fully saturated rings. The second kappa shape index (κ2) is 6.73. The zero-order chi connectivity index (χ0) is 13.7. The molecule has 2 heterocycles. The van der Waals surface area contributed by atoms with Crippen LogP contribution < -0.4 is 5.32 Å². The van der Waals surface area contributed by atoms with Crippen LogP contribution in [0.2, 0.25) is 0 Å². The summed E-state index contributed by atoms with van der Waals surface area (Å²) in [6, 6.07) is 1.91. The van der Waals surface area contributed by atoms with Gasteiger partial charge in [0.05, 0.1) is 5.69 Å². The first-order chi connectivity index (χ1) is 9.22. The third-order valence-corrected chi connectivity index (χ3v) is 3.88. The van der Waals surface area contributed by atoms with Crippen molar-refractivity contribution in [1.29, 1.82) is 0 Å². The number of thiazole rings is 1. The van der Waals surface area contributed by atoms with Crippen molar-refractivity contribution in [3.8, 4) is 10.7 Å². The average Bonchev–Trinajstić information content (AvgIpc) is 2.84. The van der Waals surface area contributed by atoms with E-state index in [4.69, 9.17) is 4.98 Å². The Bertz CT molecular complexity index is 507. The van der Waals surface area contributed by atoms with Crippen molar-refractivity contribution in [1.82, 2.24) is 20.3 Å². The first-order valence-electron chi connectivity index (χ1n) is 6.69. The summed E-state index contributed by atoms with van der Waals surface area (Å²) in [5.74, 6) is 0.435. The van der Waals surface area contributed by atoms with Gasteiger partial charge in [-0.25, -0.2) is 15.0 Å². The van der Waals surface area contributed by atoms with E-state index in [0.717, 1.165) is 30.2 Å². The van der Waals surface area contributed by atoms with E-state index in [0.29, 0.717) is 5.92 Å². The third-order valence-electron chi connectivity index (χ3n) is 2.79. The highest BCUT2D eigenvalue weighted by atomic mass is 32.1. The maximum Gasteiger partial charge on any atom is 0.142 e. The van der Waals surface area contributed by atoms with E-state index < -0.39 is 0 Å². The number of nitrogens with zero attached hydrogens (tertiary/aromatic N) is 3. The molecule has 0 spiro atoms. The molecule has 0 unspecified atom stereocenters. The van der Waals surface area contributed by atoms with E-state index in [1.807, 2.05) is 6.07 Å². The van der Waals surface area contributed by atoms with Crippen LogP contribution in [-0.2, 0) is 6.54 Å². The van der Waals surface area contributed by atoms with E-state index in [1.54, 1.807) is 23.9 Å². The minimum atomic E-state index is 0.435. The van der Waals surface area contributed by atoms with E-state index in [2.05, 4.69) is 36.1 Å². The fraction of sp³-hybridized carbons (Fsp3) is 0.500. The summed E-state index contributed by atoms with van der Waals surface area (Å²) >= 11 is 1.73. The second-order valence-corrected chi connectivity index (χ2v) is 5.84. The van der Waals surface area contributed by atoms with Gasteiger partial charge in [0.15, 0.2) is 0 Å². The molecule has 0 amide bonds. The van der Waals surface area contributed by atoms with Gasteiger partial charge in [-0.3, -0.25) is 0 Å². The van der Waals surface area contributed by atoms with Crippen molar-refractivity contribution in [3.63, 3.8) is 0 Å². The summed E-state index contributed by atoms with van der Waals surface area (Å²) in [5.41, 5.74) is 2.09. The van der Waals surface area contributed by atoms with Gasteiger partial charge < -0.3 is 5.32 Å². The minimum Gasteiger partial charge on any atom is -0.312 e. The summed E-state index contributed by atoms with van der Waals surface area (Å²) in [6.07, 6.45) is 4.48. The molecule has 102 valence electrons. The lowest BCUT2D eigenvalue weighted by atomic mass is 10.1. The molecule has 0 aliphatic carbocycles. The lowest BCUT2D eigenvalue weighted by Gasteiger charge is -2.05. The van der Waals surface area contributed by atoms with Crippen LogP contribution in [0.4, 0.5) is 0 Å². The number of hydrogen-bond donors (Lipinski definition) is 1. The van der Waals surface area contributed by atoms with Gasteiger partial charge in [-0.15, -0.1) is 11.3 Å². The molecule has 0 radical (unpaired) electrons. The van der Waals surface area contributed by atoms with Gasteiger partial charge in [0.1, 0.15) is 17.0 Å². The van der Waals surface area contributed by atoms with E-state index in [-0.39, 0.29) is 0 Å². The van der Waals surface area contributed by atoms with Crippen LogP contribution in [0.15, 0.2) is 18.6 Å². The number of aromatic nitrogens is 3. The molecule has 1 N–H and O–H groups in total. The molecule has 2 aromatic rings. The maximum absolute atomic E-state index is 4.75. The summed E-state index contributed by atoms with van der Waals surface area (Å²) in [6.45, 7) is 8.47. The van der Waals surface area contributed by atoms with Crippen LogP contribution in [0.3, 0.4) is 0 Å². The molecule has 0 bridgehead atoms. The van der Waals surface area contributed by atoms with Gasteiger partial charge in [-0.05, 0) is 24.9 Å². The largest absolute Gasteiger partial charge is 0.312 e. The molecule has 19 heavy (non-hydrogen) atoms. The molecular weight excluding hydrogens is 256 g/mol. The molecule has 0 aliphatic heterocycles. The average molecular weight is 276 g/mol. The van der Waals surface area contributed by atoms with Crippen LogP contribution in [0.5, 0.6) is 0 Å². The smallest absolute Gasteiger partial charge is 0.142 e. The monoisotopic (exact) mass is 276 g/mol. The molecule has 0 saturated heterocycles. The predicted octanol–water partition coefficient (Wildman–Crippen LogP) is 3.22. The fourth-order valence-corrected chi connectivity index (χ4v) is 3.01. The van der Waals surface area contributed by atoms with Crippen LogP contribution >= 0.6 is 11.3 Å². The third kappa shape index (κ3) is 3.58. The zero-order valence-corrected chi connectivity index (χ0v) is 12.5. The van der Waals surface area contributed by atoms with Gasteiger partial charge in [-0.2, -0.15) is 0 Å². The Morgan fingerprint density at radius 3 is 2.84 bits per heavy atom. The Balaban J connectivity index is 2.25. The van der Waals surface area contributed by atoms with Crippen LogP contribution in [0.1, 0.15) is 43.7 Å². The highest BCUT2D eigenvalue weighted by molar-refractivity contribution is 7.15. The lowest BCUT2D eigenvalue weighted by molar-refractivity contribution is 0.670. The summed E-state index contributed by atoms with van der Waals surface area (Å²) < 4.78 is 0. The number of nitrogens with one attached hydrogen (secondary N) is 1. The molecule has 0 atom stereocenters. The summed E-state index contributed by atoms with van der Waals surface area (Å²) in [4.78, 5) is 14.3. The quantitative estimate of drug-likeness (QED) is 0.823. The Kier molecular flexibility index (Phi) is 4.99. The van der Waals surface area contributed by atoms with Crippen LogP contribution in [-0.4, -0.2) is 21.5 Å². The van der Waals surface area contributed by atoms with Crippen molar-refractivity contribution < 1.29 is 0 Å². The second-order valence-electron chi connectivity index (χ2n) is 4.75. The van der Waals surface area contributed by atoms with Crippen LogP contribution in [0, 0.1) is 0 Å². The van der Waals surface area contributed by atoms with Gasteiger partial charge in [0.2, 0.25) is 0 Å². The summed E-state index contributed by atoms with van der Waals surface area (Å²) in [7, 11) is 0. The molecule has 4 nitrogen and oxygen atoms in total. The fourth-order valence-electron chi connectivity index (χ4n) is 1.85. The molecule has 0 aliphatic rings. The van der Waals surface area contributed by atoms with Crippen molar-refractivity contribution in [2.75, 3.05) is 6.54 Å². The van der Waals surface area contributed by atoms with E-state index in [9.17, 15) is 0 Å². The summed E-state index contributed by atoms with van der Waals surface area (Å²) in [5, 5.41) is 4.43. The minimum absolute atomic E-state index is 0.435. The van der Waals surface area contributed by atoms with Crippen molar-refractivity contribution >= 4 is 11.3 Å². The predicted molar refractivity (Wildman–Crippen MR) is 79.2 cm³/mol. The highest BCUT2D eigenvalue weighted by Gasteiger charge is 2.15. The van der Waals surface area contributed by atoms with Gasteiger partial charge >= 0.3 is 0 Å². The molecular formula is C14H20N4S. The first-order valence-corrected chi connectivity index (χ1v) is 7.50. The Morgan fingerprint density at radius 1 is 1.37 bits per heavy atom. The molecule has 0 saturated carbocycles. The molecule has 0 aromatic carbocycles. The maximum atomic E-state index is 4.75. The number of rotatable bonds is 6. The van der Waals surface area contributed by atoms with E-state index >= 15 is 0 Å². The molecule has 2 rings (SSSR count). The zero-order valence-electron chi connectivity index (χ0n) is 11.7. The van der Waals surface area contributed by atoms with E-state index in [1.165, 1.54) is 10.6 Å². The molecule has 5 heteroatoms. The Morgan fingerprint density at radius 2 is 2.21 bits per heavy atom. The molecule has 2 aromatic heterocycles. The first kappa shape index (κ1) is 14.1. The standard InChI is InChI=1S/C14H20N4S/c1-4-6-15-8-12-13(10(2)3)18-14(19-12)11-5-7-16-9-17-11/h5,7,9-10,15H,4,6,8H2,1-3H3. The van der Waals surface area contributed by atoms with Crippen LogP contribution in [0.25, 0.3) is 10.7 Å². The Labute approximate surface area is 118 Å². The van der Waals surface area contributed by atoms with Gasteiger partial charge in [0.25, 0.3) is 0 Å². The SMILES string of the molecule is CCCNCc1sc(-c2ccncn2)nc1C(C)C. The lowest BCUT2D eigenvalue weighted by Crippen LogP contribution is -2.14. The van der Waals surface area contributed by atoms with Crippen molar-refractivity contribution in [3.05, 3.63) is 29.2 Å². The highest BCUT2D eigenvalue weighted by Crippen LogP contribution is 2.30. The van der Waals surface area contributed by atoms with Gasteiger partial charge in [0, 0.05) is 17.6 Å². The number of hydrogen-bond acceptors (Lipinski definition) is 5. The Hall–Kier alpha value is -1.33. The van der Waals surface area contributed by atoms with Crippen molar-refractivity contribution in [2.24, 2.45) is 0 Å². The van der Waals surface area contributed by atoms with Gasteiger partial charge in [-0.1, -0.05) is 20.8 Å². The normalized spacial score (nSPS) is 11.2. The van der Waals surface area contributed by atoms with Crippen molar-refractivity contribution in [2.45, 2.75) is 39.7 Å².